The predicted octanol–water partition coefficient (Wildman–Crippen LogP) is 2.49. The van der Waals surface area contributed by atoms with Crippen molar-refractivity contribution in [2.75, 3.05) is 7.11 Å². The van der Waals surface area contributed by atoms with Gasteiger partial charge in [0.05, 0.1) is 31.0 Å². The van der Waals surface area contributed by atoms with Crippen LogP contribution in [0.15, 0.2) is 35.6 Å². The molecule has 0 atom stereocenters. The van der Waals surface area contributed by atoms with Crippen molar-refractivity contribution in [2.24, 2.45) is 12.0 Å². The highest BCUT2D eigenvalue weighted by Gasteiger charge is 2.02. The maximum atomic E-state index is 5.24. The van der Waals surface area contributed by atoms with Gasteiger partial charge in [0.15, 0.2) is 0 Å². The highest BCUT2D eigenvalue weighted by molar-refractivity contribution is 5.82. The van der Waals surface area contributed by atoms with Crippen molar-refractivity contribution < 1.29 is 4.74 Å². The number of ether oxygens (including phenoxy) is 1. The van der Waals surface area contributed by atoms with Crippen molar-refractivity contribution in [1.82, 2.24) is 9.55 Å². The van der Waals surface area contributed by atoms with Crippen LogP contribution in [0.25, 0.3) is 0 Å². The number of aromatic nitrogens is 2. The summed E-state index contributed by atoms with van der Waals surface area (Å²) < 4.78 is 7.18. The molecule has 1 aromatic heterocycles. The molecule has 0 spiro atoms. The molecular weight excluding hydrogens is 214 g/mol. The fourth-order valence-corrected chi connectivity index (χ4v) is 1.61. The van der Waals surface area contributed by atoms with E-state index in [1.54, 1.807) is 19.7 Å². The number of aliphatic imine (C=N–C) groups is 1. The lowest BCUT2D eigenvalue weighted by Gasteiger charge is -2.03. The Hall–Kier alpha value is -2.10. The minimum absolute atomic E-state index is 0.767. The van der Waals surface area contributed by atoms with Crippen LogP contribution in [-0.2, 0) is 7.05 Å². The van der Waals surface area contributed by atoms with Crippen molar-refractivity contribution in [3.05, 3.63) is 42.0 Å². The molecule has 1 aromatic carbocycles. The van der Waals surface area contributed by atoms with Crippen molar-refractivity contribution in [2.45, 2.75) is 6.92 Å². The fourth-order valence-electron chi connectivity index (χ4n) is 1.61. The molecule has 0 radical (unpaired) electrons. The molecule has 0 saturated carbocycles. The molecule has 0 aliphatic rings. The Labute approximate surface area is 101 Å². The molecule has 0 N–H and O–H groups in total. The summed E-state index contributed by atoms with van der Waals surface area (Å²) in [6.45, 7) is 1.96. The third-order valence-electron chi connectivity index (χ3n) is 2.59. The SMILES string of the molecule is COc1ccccc1N=Cc1c(C)ncn1C. The van der Waals surface area contributed by atoms with Crippen LogP contribution in [0.2, 0.25) is 0 Å². The van der Waals surface area contributed by atoms with Gasteiger partial charge in [-0.05, 0) is 19.1 Å². The Morgan fingerprint density at radius 1 is 1.35 bits per heavy atom. The van der Waals surface area contributed by atoms with E-state index in [4.69, 9.17) is 4.74 Å². The highest BCUT2D eigenvalue weighted by atomic mass is 16.5. The minimum atomic E-state index is 0.767. The van der Waals surface area contributed by atoms with Gasteiger partial charge in [-0.1, -0.05) is 12.1 Å². The first-order valence-electron chi connectivity index (χ1n) is 5.37. The number of hydrogen-bond acceptors (Lipinski definition) is 3. The summed E-state index contributed by atoms with van der Waals surface area (Å²) in [6.07, 6.45) is 3.58. The summed E-state index contributed by atoms with van der Waals surface area (Å²) in [5.74, 6) is 0.767. The summed E-state index contributed by atoms with van der Waals surface area (Å²) in [5, 5.41) is 0. The normalized spacial score (nSPS) is 11.0. The molecule has 0 aliphatic heterocycles. The molecule has 1 heterocycles. The fraction of sp³-hybridized carbons (Fsp3) is 0.231. The molecule has 2 rings (SSSR count). The Morgan fingerprint density at radius 2 is 2.12 bits per heavy atom. The molecule has 2 aromatic rings. The van der Waals surface area contributed by atoms with E-state index < -0.39 is 0 Å². The van der Waals surface area contributed by atoms with Crippen LogP contribution in [0, 0.1) is 6.92 Å². The largest absolute Gasteiger partial charge is 0.494 e. The number of nitrogens with zero attached hydrogens (tertiary/aromatic N) is 3. The maximum Gasteiger partial charge on any atom is 0.144 e. The van der Waals surface area contributed by atoms with E-state index in [2.05, 4.69) is 9.98 Å². The van der Waals surface area contributed by atoms with Gasteiger partial charge in [-0.25, -0.2) is 4.98 Å². The van der Waals surface area contributed by atoms with Gasteiger partial charge in [0, 0.05) is 7.05 Å². The Balaban J connectivity index is 2.32. The molecule has 4 nitrogen and oxygen atoms in total. The molecule has 17 heavy (non-hydrogen) atoms. The number of methoxy groups -OCH3 is 1. The van der Waals surface area contributed by atoms with E-state index in [9.17, 15) is 0 Å². The molecule has 88 valence electrons. The number of imidazole rings is 1. The molecule has 0 unspecified atom stereocenters. The van der Waals surface area contributed by atoms with Gasteiger partial charge in [0.1, 0.15) is 11.4 Å². The van der Waals surface area contributed by atoms with Gasteiger partial charge in [0.25, 0.3) is 0 Å². The molecule has 0 saturated heterocycles. The van der Waals surface area contributed by atoms with Crippen LogP contribution in [-0.4, -0.2) is 22.9 Å². The molecule has 0 aliphatic carbocycles. The van der Waals surface area contributed by atoms with Crippen LogP contribution < -0.4 is 4.74 Å². The Morgan fingerprint density at radius 3 is 2.76 bits per heavy atom. The van der Waals surface area contributed by atoms with E-state index in [0.717, 1.165) is 22.8 Å². The van der Waals surface area contributed by atoms with Gasteiger partial charge in [-0.2, -0.15) is 0 Å². The molecule has 0 bridgehead atoms. The summed E-state index contributed by atoms with van der Waals surface area (Å²) >= 11 is 0. The summed E-state index contributed by atoms with van der Waals surface area (Å²) in [7, 11) is 3.59. The van der Waals surface area contributed by atoms with Crippen LogP contribution in [0.1, 0.15) is 11.4 Å². The quantitative estimate of drug-likeness (QED) is 0.758. The van der Waals surface area contributed by atoms with Crippen LogP contribution in [0.5, 0.6) is 5.75 Å². The average molecular weight is 229 g/mol. The molecular formula is C13H15N3O. The first-order chi connectivity index (χ1) is 8.22. The van der Waals surface area contributed by atoms with E-state index >= 15 is 0 Å². The van der Waals surface area contributed by atoms with E-state index in [-0.39, 0.29) is 0 Å². The average Bonchev–Trinajstić information content (AvgIpc) is 2.67. The summed E-state index contributed by atoms with van der Waals surface area (Å²) in [4.78, 5) is 8.64. The second-order valence-corrected chi connectivity index (χ2v) is 3.76. The van der Waals surface area contributed by atoms with Crippen molar-refractivity contribution in [3.63, 3.8) is 0 Å². The molecule has 4 heteroatoms. The number of aryl methyl sites for hydroxylation is 2. The predicted molar refractivity (Wildman–Crippen MR) is 68.2 cm³/mol. The molecule has 0 fully saturated rings. The lowest BCUT2D eigenvalue weighted by Crippen LogP contribution is -1.94. The maximum absolute atomic E-state index is 5.24. The van der Waals surface area contributed by atoms with Gasteiger partial charge < -0.3 is 9.30 Å². The number of para-hydroxylation sites is 2. The van der Waals surface area contributed by atoms with Crippen LogP contribution >= 0.6 is 0 Å². The van der Waals surface area contributed by atoms with E-state index in [1.807, 2.05) is 42.8 Å². The van der Waals surface area contributed by atoms with E-state index in [1.165, 1.54) is 0 Å². The topological polar surface area (TPSA) is 39.4 Å². The third-order valence-corrected chi connectivity index (χ3v) is 2.59. The smallest absolute Gasteiger partial charge is 0.144 e. The summed E-state index contributed by atoms with van der Waals surface area (Å²) in [6, 6.07) is 7.67. The monoisotopic (exact) mass is 229 g/mol. The lowest BCUT2D eigenvalue weighted by molar-refractivity contribution is 0.416. The second kappa shape index (κ2) is 4.82. The first kappa shape index (κ1) is 11.4. The highest BCUT2D eigenvalue weighted by Crippen LogP contribution is 2.26. The molecule has 0 amide bonds. The number of rotatable bonds is 3. The van der Waals surface area contributed by atoms with Gasteiger partial charge in [0.2, 0.25) is 0 Å². The third kappa shape index (κ3) is 2.36. The van der Waals surface area contributed by atoms with Gasteiger partial charge in [-0.3, -0.25) is 4.99 Å². The van der Waals surface area contributed by atoms with Crippen LogP contribution in [0.3, 0.4) is 0 Å². The summed E-state index contributed by atoms with van der Waals surface area (Å²) in [5.41, 5.74) is 2.78. The number of benzene rings is 1. The van der Waals surface area contributed by atoms with Gasteiger partial charge >= 0.3 is 0 Å². The van der Waals surface area contributed by atoms with E-state index in [0.29, 0.717) is 0 Å². The van der Waals surface area contributed by atoms with Crippen LogP contribution in [0.4, 0.5) is 5.69 Å². The Bertz CT molecular complexity index is 524. The van der Waals surface area contributed by atoms with Crippen molar-refractivity contribution in [1.29, 1.82) is 0 Å². The minimum Gasteiger partial charge on any atom is -0.494 e. The Kier molecular flexibility index (Phi) is 3.23. The number of hydrogen-bond donors (Lipinski definition) is 0. The zero-order valence-corrected chi connectivity index (χ0v) is 10.2. The zero-order valence-electron chi connectivity index (χ0n) is 10.2. The standard InChI is InChI=1S/C13H15N3O/c1-10-12(16(2)9-15-10)8-14-11-6-4-5-7-13(11)17-3/h4-9H,1-3H3. The first-order valence-corrected chi connectivity index (χ1v) is 5.37. The van der Waals surface area contributed by atoms with Crippen molar-refractivity contribution >= 4 is 11.9 Å². The second-order valence-electron chi connectivity index (χ2n) is 3.76. The zero-order chi connectivity index (χ0) is 12.3. The lowest BCUT2D eigenvalue weighted by atomic mass is 10.3. The van der Waals surface area contributed by atoms with Gasteiger partial charge in [-0.15, -0.1) is 0 Å². The van der Waals surface area contributed by atoms with Crippen molar-refractivity contribution in [3.8, 4) is 5.75 Å².